The highest BCUT2D eigenvalue weighted by molar-refractivity contribution is 5.47. The molecule has 1 atom stereocenters. The normalized spacial score (nSPS) is 14.4. The summed E-state index contributed by atoms with van der Waals surface area (Å²) < 4.78 is 5.13. The molecule has 1 heterocycles. The van der Waals surface area contributed by atoms with Crippen LogP contribution < -0.4 is 10.1 Å². The van der Waals surface area contributed by atoms with E-state index in [1.807, 2.05) is 13.8 Å². The van der Waals surface area contributed by atoms with Gasteiger partial charge in [-0.1, -0.05) is 13.8 Å². The van der Waals surface area contributed by atoms with E-state index >= 15 is 0 Å². The maximum Gasteiger partial charge on any atom is 0.221 e. The van der Waals surface area contributed by atoms with Crippen molar-refractivity contribution in [2.45, 2.75) is 39.7 Å². The van der Waals surface area contributed by atoms with E-state index in [4.69, 9.17) is 4.74 Å². The first-order chi connectivity index (χ1) is 8.35. The number of ether oxygens (including phenoxy) is 1. The standard InChI is InChI=1S/C13H23N3O2/c1-9(2)6-13(4,17)7-14-11-10(3)12(18-5)16-8-15-11/h8-9,17H,6-7H2,1-5H3,(H,14,15,16). The number of aliphatic hydroxyl groups is 1. The fourth-order valence-electron chi connectivity index (χ4n) is 2.04. The lowest BCUT2D eigenvalue weighted by molar-refractivity contribution is 0.0514. The maximum atomic E-state index is 10.2. The van der Waals surface area contributed by atoms with E-state index in [-0.39, 0.29) is 0 Å². The molecule has 1 aromatic heterocycles. The van der Waals surface area contributed by atoms with Crippen LogP contribution in [0.3, 0.4) is 0 Å². The summed E-state index contributed by atoms with van der Waals surface area (Å²) >= 11 is 0. The lowest BCUT2D eigenvalue weighted by Gasteiger charge is -2.26. The number of anilines is 1. The van der Waals surface area contributed by atoms with Crippen molar-refractivity contribution < 1.29 is 9.84 Å². The molecule has 0 radical (unpaired) electrons. The Labute approximate surface area is 109 Å². The van der Waals surface area contributed by atoms with Crippen molar-refractivity contribution in [3.63, 3.8) is 0 Å². The van der Waals surface area contributed by atoms with Crippen LogP contribution >= 0.6 is 0 Å². The molecule has 0 saturated carbocycles. The molecule has 0 fully saturated rings. The predicted molar refractivity (Wildman–Crippen MR) is 71.9 cm³/mol. The summed E-state index contributed by atoms with van der Waals surface area (Å²) in [5.41, 5.74) is 0.0963. The molecule has 0 saturated heterocycles. The topological polar surface area (TPSA) is 67.3 Å². The molecular weight excluding hydrogens is 230 g/mol. The molecule has 1 unspecified atom stereocenters. The van der Waals surface area contributed by atoms with Crippen LogP contribution in [0.25, 0.3) is 0 Å². The first-order valence-electron chi connectivity index (χ1n) is 6.17. The summed E-state index contributed by atoms with van der Waals surface area (Å²) in [6.07, 6.45) is 2.19. The van der Waals surface area contributed by atoms with E-state index in [0.717, 1.165) is 12.0 Å². The largest absolute Gasteiger partial charge is 0.481 e. The van der Waals surface area contributed by atoms with E-state index in [1.54, 1.807) is 7.11 Å². The maximum absolute atomic E-state index is 10.2. The smallest absolute Gasteiger partial charge is 0.221 e. The minimum absolute atomic E-state index is 0.447. The quantitative estimate of drug-likeness (QED) is 0.811. The monoisotopic (exact) mass is 253 g/mol. The Morgan fingerprint density at radius 3 is 2.67 bits per heavy atom. The van der Waals surface area contributed by atoms with Gasteiger partial charge in [-0.25, -0.2) is 9.97 Å². The van der Waals surface area contributed by atoms with Gasteiger partial charge in [0.15, 0.2) is 0 Å². The number of hydrogen-bond donors (Lipinski definition) is 2. The summed E-state index contributed by atoms with van der Waals surface area (Å²) in [4.78, 5) is 8.17. The third-order valence-electron chi connectivity index (χ3n) is 2.72. The summed E-state index contributed by atoms with van der Waals surface area (Å²) in [7, 11) is 1.58. The lowest BCUT2D eigenvalue weighted by atomic mass is 9.94. The Balaban J connectivity index is 2.69. The summed E-state index contributed by atoms with van der Waals surface area (Å²) in [5.74, 6) is 1.70. The van der Waals surface area contributed by atoms with Crippen molar-refractivity contribution in [3.05, 3.63) is 11.9 Å². The number of aromatic nitrogens is 2. The summed E-state index contributed by atoms with van der Waals surface area (Å²) in [6.45, 7) is 8.35. The zero-order valence-electron chi connectivity index (χ0n) is 11.8. The molecular formula is C13H23N3O2. The zero-order chi connectivity index (χ0) is 13.8. The van der Waals surface area contributed by atoms with E-state index in [0.29, 0.717) is 24.2 Å². The van der Waals surface area contributed by atoms with Gasteiger partial charge in [-0.3, -0.25) is 0 Å². The number of nitrogens with zero attached hydrogens (tertiary/aromatic N) is 2. The van der Waals surface area contributed by atoms with Crippen molar-refractivity contribution in [2.24, 2.45) is 5.92 Å². The van der Waals surface area contributed by atoms with Gasteiger partial charge in [-0.15, -0.1) is 0 Å². The van der Waals surface area contributed by atoms with Gasteiger partial charge in [-0.05, 0) is 26.2 Å². The first kappa shape index (κ1) is 14.7. The van der Waals surface area contributed by atoms with Gasteiger partial charge >= 0.3 is 0 Å². The van der Waals surface area contributed by atoms with Crippen LogP contribution in [0.1, 0.15) is 32.8 Å². The molecule has 1 aromatic rings. The van der Waals surface area contributed by atoms with Crippen molar-refractivity contribution in [2.75, 3.05) is 19.0 Å². The molecule has 0 aromatic carbocycles. The number of nitrogens with one attached hydrogen (secondary N) is 1. The Bertz CT molecular complexity index is 392. The minimum Gasteiger partial charge on any atom is -0.481 e. The van der Waals surface area contributed by atoms with Gasteiger partial charge in [0.25, 0.3) is 0 Å². The highest BCUT2D eigenvalue weighted by Gasteiger charge is 2.22. The SMILES string of the molecule is COc1ncnc(NCC(C)(O)CC(C)C)c1C. The van der Waals surface area contributed by atoms with E-state index in [1.165, 1.54) is 6.33 Å². The van der Waals surface area contributed by atoms with E-state index in [9.17, 15) is 5.11 Å². The lowest BCUT2D eigenvalue weighted by Crippen LogP contribution is -2.35. The Morgan fingerprint density at radius 2 is 2.11 bits per heavy atom. The first-order valence-corrected chi connectivity index (χ1v) is 6.17. The number of methoxy groups -OCH3 is 1. The average molecular weight is 253 g/mol. The summed E-state index contributed by atoms with van der Waals surface area (Å²) in [5, 5.41) is 13.4. The Morgan fingerprint density at radius 1 is 1.44 bits per heavy atom. The molecule has 102 valence electrons. The van der Waals surface area contributed by atoms with Gasteiger partial charge in [0.05, 0.1) is 18.3 Å². The average Bonchev–Trinajstić information content (AvgIpc) is 2.26. The fourth-order valence-corrected chi connectivity index (χ4v) is 2.04. The third kappa shape index (κ3) is 4.14. The van der Waals surface area contributed by atoms with Gasteiger partial charge in [0, 0.05) is 6.54 Å². The molecule has 5 heteroatoms. The van der Waals surface area contributed by atoms with E-state index < -0.39 is 5.60 Å². The van der Waals surface area contributed by atoms with Crippen LogP contribution in [0.15, 0.2) is 6.33 Å². The molecule has 1 rings (SSSR count). The highest BCUT2D eigenvalue weighted by atomic mass is 16.5. The number of hydrogen-bond acceptors (Lipinski definition) is 5. The second-order valence-electron chi connectivity index (χ2n) is 5.31. The van der Waals surface area contributed by atoms with Crippen LogP contribution in [0, 0.1) is 12.8 Å². The predicted octanol–water partition coefficient (Wildman–Crippen LogP) is 2.00. The van der Waals surface area contributed by atoms with Crippen molar-refractivity contribution in [3.8, 4) is 5.88 Å². The fraction of sp³-hybridized carbons (Fsp3) is 0.692. The Kier molecular flexibility index (Phi) is 4.90. The molecule has 0 amide bonds. The van der Waals surface area contributed by atoms with Crippen LogP contribution in [0.5, 0.6) is 5.88 Å². The molecule has 0 spiro atoms. The van der Waals surface area contributed by atoms with Crippen LogP contribution in [-0.4, -0.2) is 34.3 Å². The molecule has 2 N–H and O–H groups in total. The van der Waals surface area contributed by atoms with E-state index in [2.05, 4.69) is 29.1 Å². The van der Waals surface area contributed by atoms with Crippen molar-refractivity contribution in [1.82, 2.24) is 9.97 Å². The minimum atomic E-state index is -0.751. The molecule has 0 bridgehead atoms. The Hall–Kier alpha value is -1.36. The number of rotatable bonds is 6. The molecule has 5 nitrogen and oxygen atoms in total. The summed E-state index contributed by atoms with van der Waals surface area (Å²) in [6, 6.07) is 0. The van der Waals surface area contributed by atoms with Crippen LogP contribution in [-0.2, 0) is 0 Å². The molecule has 0 aliphatic carbocycles. The molecule has 18 heavy (non-hydrogen) atoms. The van der Waals surface area contributed by atoms with Crippen LogP contribution in [0.4, 0.5) is 5.82 Å². The second kappa shape index (κ2) is 6.00. The third-order valence-corrected chi connectivity index (χ3v) is 2.72. The van der Waals surface area contributed by atoms with Gasteiger partial charge in [0.1, 0.15) is 12.1 Å². The van der Waals surface area contributed by atoms with Crippen molar-refractivity contribution >= 4 is 5.82 Å². The van der Waals surface area contributed by atoms with Crippen LogP contribution in [0.2, 0.25) is 0 Å². The van der Waals surface area contributed by atoms with Gasteiger partial charge in [0.2, 0.25) is 5.88 Å². The second-order valence-corrected chi connectivity index (χ2v) is 5.31. The van der Waals surface area contributed by atoms with Gasteiger partial charge < -0.3 is 15.2 Å². The zero-order valence-corrected chi connectivity index (χ0v) is 11.8. The molecule has 0 aliphatic rings. The van der Waals surface area contributed by atoms with Crippen molar-refractivity contribution in [1.29, 1.82) is 0 Å². The molecule has 0 aliphatic heterocycles. The van der Waals surface area contributed by atoms with Gasteiger partial charge in [-0.2, -0.15) is 0 Å². The highest BCUT2D eigenvalue weighted by Crippen LogP contribution is 2.22.